The Hall–Kier alpha value is -1.18. The SMILES string of the molecule is O=C=NC=Cc1ccc(Br)cc1. The first-order valence-electron chi connectivity index (χ1n) is 3.32. The molecule has 0 N–H and O–H groups in total. The zero-order chi connectivity index (χ0) is 8.81. The number of benzene rings is 1. The molecule has 60 valence electrons. The number of nitrogens with zero attached hydrogens (tertiary/aromatic N) is 1. The maximum Gasteiger partial charge on any atom is 0.239 e. The molecular formula is C9H6BrNO. The molecule has 0 saturated heterocycles. The molecule has 0 aliphatic heterocycles. The number of halogens is 1. The molecule has 0 atom stereocenters. The van der Waals surface area contributed by atoms with Gasteiger partial charge in [-0.15, -0.1) is 0 Å². The van der Waals surface area contributed by atoms with Crippen molar-refractivity contribution in [2.45, 2.75) is 0 Å². The van der Waals surface area contributed by atoms with Crippen molar-refractivity contribution in [1.82, 2.24) is 0 Å². The third kappa shape index (κ3) is 2.82. The molecule has 1 aromatic carbocycles. The van der Waals surface area contributed by atoms with Crippen LogP contribution in [0.1, 0.15) is 5.56 Å². The molecule has 0 fully saturated rings. The largest absolute Gasteiger partial charge is 0.239 e. The van der Waals surface area contributed by atoms with Crippen molar-refractivity contribution < 1.29 is 4.79 Å². The van der Waals surface area contributed by atoms with Crippen LogP contribution in [0.3, 0.4) is 0 Å². The van der Waals surface area contributed by atoms with Crippen molar-refractivity contribution in [3.8, 4) is 0 Å². The van der Waals surface area contributed by atoms with E-state index in [0.29, 0.717) is 0 Å². The van der Waals surface area contributed by atoms with E-state index in [2.05, 4.69) is 20.9 Å². The topological polar surface area (TPSA) is 29.4 Å². The Kier molecular flexibility index (Phi) is 3.45. The van der Waals surface area contributed by atoms with Gasteiger partial charge in [0, 0.05) is 10.7 Å². The molecule has 1 aromatic rings. The van der Waals surface area contributed by atoms with Gasteiger partial charge in [0.1, 0.15) is 0 Å². The predicted octanol–water partition coefficient (Wildman–Crippen LogP) is 2.76. The Morgan fingerprint density at radius 1 is 1.33 bits per heavy atom. The van der Waals surface area contributed by atoms with Crippen LogP contribution in [0.2, 0.25) is 0 Å². The minimum absolute atomic E-state index is 0.997. The van der Waals surface area contributed by atoms with Crippen LogP contribution in [0.25, 0.3) is 6.08 Å². The zero-order valence-corrected chi connectivity index (χ0v) is 7.78. The van der Waals surface area contributed by atoms with Gasteiger partial charge in [-0.25, -0.2) is 4.79 Å². The van der Waals surface area contributed by atoms with Crippen LogP contribution in [0.4, 0.5) is 0 Å². The molecule has 0 radical (unpaired) electrons. The second kappa shape index (κ2) is 4.65. The normalized spacial score (nSPS) is 9.75. The summed E-state index contributed by atoms with van der Waals surface area (Å²) >= 11 is 3.32. The molecule has 0 aromatic heterocycles. The lowest BCUT2D eigenvalue weighted by Crippen LogP contribution is -1.69. The minimum Gasteiger partial charge on any atom is -0.211 e. The van der Waals surface area contributed by atoms with E-state index in [9.17, 15) is 4.79 Å². The van der Waals surface area contributed by atoms with Gasteiger partial charge in [-0.1, -0.05) is 28.1 Å². The fourth-order valence-electron chi connectivity index (χ4n) is 0.728. The van der Waals surface area contributed by atoms with E-state index in [-0.39, 0.29) is 0 Å². The molecule has 0 saturated carbocycles. The van der Waals surface area contributed by atoms with E-state index in [0.717, 1.165) is 10.0 Å². The fraction of sp³-hybridized carbons (Fsp3) is 0. The van der Waals surface area contributed by atoms with Crippen LogP contribution in [0.5, 0.6) is 0 Å². The fourth-order valence-corrected chi connectivity index (χ4v) is 0.992. The highest BCUT2D eigenvalue weighted by atomic mass is 79.9. The zero-order valence-electron chi connectivity index (χ0n) is 6.20. The second-order valence-electron chi connectivity index (χ2n) is 2.09. The van der Waals surface area contributed by atoms with Crippen molar-refractivity contribution in [2.24, 2.45) is 4.99 Å². The molecule has 0 amide bonds. The number of rotatable bonds is 2. The molecule has 3 heteroatoms. The molecule has 0 aliphatic rings. The smallest absolute Gasteiger partial charge is 0.211 e. The lowest BCUT2D eigenvalue weighted by atomic mass is 10.2. The molecule has 0 spiro atoms. The molecule has 0 bridgehead atoms. The van der Waals surface area contributed by atoms with Gasteiger partial charge in [0.15, 0.2) is 0 Å². The van der Waals surface area contributed by atoms with Crippen molar-refractivity contribution in [3.05, 3.63) is 40.5 Å². The van der Waals surface area contributed by atoms with Crippen LogP contribution < -0.4 is 0 Å². The average Bonchev–Trinajstić information content (AvgIpc) is 2.09. The summed E-state index contributed by atoms with van der Waals surface area (Å²) in [5.74, 6) is 0. The summed E-state index contributed by atoms with van der Waals surface area (Å²) in [7, 11) is 0. The van der Waals surface area contributed by atoms with Gasteiger partial charge >= 0.3 is 0 Å². The van der Waals surface area contributed by atoms with Gasteiger partial charge in [-0.3, -0.25) is 0 Å². The third-order valence-electron chi connectivity index (χ3n) is 1.26. The lowest BCUT2D eigenvalue weighted by Gasteiger charge is -1.90. The van der Waals surface area contributed by atoms with E-state index in [1.54, 1.807) is 6.08 Å². The summed E-state index contributed by atoms with van der Waals surface area (Å²) in [4.78, 5) is 13.0. The van der Waals surface area contributed by atoms with Gasteiger partial charge in [0.2, 0.25) is 6.08 Å². The second-order valence-corrected chi connectivity index (χ2v) is 3.00. The third-order valence-corrected chi connectivity index (χ3v) is 1.79. The maximum atomic E-state index is 9.70. The van der Waals surface area contributed by atoms with Crippen LogP contribution in [-0.4, -0.2) is 6.08 Å². The minimum atomic E-state index is 0.997. The van der Waals surface area contributed by atoms with Crippen LogP contribution >= 0.6 is 15.9 Å². The average molecular weight is 224 g/mol. The van der Waals surface area contributed by atoms with Gasteiger partial charge in [0.25, 0.3) is 0 Å². The summed E-state index contributed by atoms with van der Waals surface area (Å²) in [6, 6.07) is 7.68. The van der Waals surface area contributed by atoms with E-state index in [4.69, 9.17) is 0 Å². The van der Waals surface area contributed by atoms with Crippen LogP contribution in [-0.2, 0) is 4.79 Å². The van der Waals surface area contributed by atoms with E-state index in [1.807, 2.05) is 24.3 Å². The number of hydrogen-bond donors (Lipinski definition) is 0. The summed E-state index contributed by atoms with van der Waals surface area (Å²) in [6.07, 6.45) is 4.57. The van der Waals surface area contributed by atoms with Crippen LogP contribution in [0.15, 0.2) is 39.9 Å². The van der Waals surface area contributed by atoms with Gasteiger partial charge in [0.05, 0.1) is 0 Å². The maximum absolute atomic E-state index is 9.70. The van der Waals surface area contributed by atoms with Gasteiger partial charge < -0.3 is 0 Å². The molecule has 12 heavy (non-hydrogen) atoms. The van der Waals surface area contributed by atoms with Crippen molar-refractivity contribution in [2.75, 3.05) is 0 Å². The Bertz CT molecular complexity index is 323. The summed E-state index contributed by atoms with van der Waals surface area (Å²) in [5, 5.41) is 0. The number of hydrogen-bond acceptors (Lipinski definition) is 2. The predicted molar refractivity (Wildman–Crippen MR) is 51.3 cm³/mol. The quantitative estimate of drug-likeness (QED) is 0.560. The van der Waals surface area contributed by atoms with Crippen LogP contribution in [0, 0.1) is 0 Å². The van der Waals surface area contributed by atoms with Crippen molar-refractivity contribution in [1.29, 1.82) is 0 Å². The van der Waals surface area contributed by atoms with Gasteiger partial charge in [-0.2, -0.15) is 4.99 Å². The molecule has 0 heterocycles. The van der Waals surface area contributed by atoms with E-state index >= 15 is 0 Å². The summed E-state index contributed by atoms with van der Waals surface area (Å²) in [6.45, 7) is 0. The number of isocyanates is 1. The Labute approximate surface area is 78.8 Å². The van der Waals surface area contributed by atoms with Crippen molar-refractivity contribution in [3.63, 3.8) is 0 Å². The Balaban J connectivity index is 2.77. The number of carbonyl (C=O) groups excluding carboxylic acids is 1. The monoisotopic (exact) mass is 223 g/mol. The first-order valence-corrected chi connectivity index (χ1v) is 4.11. The molecule has 0 aliphatic carbocycles. The van der Waals surface area contributed by atoms with Gasteiger partial charge in [-0.05, 0) is 23.8 Å². The molecule has 2 nitrogen and oxygen atoms in total. The Morgan fingerprint density at radius 3 is 2.58 bits per heavy atom. The highest BCUT2D eigenvalue weighted by Gasteiger charge is 1.85. The summed E-state index contributed by atoms with van der Waals surface area (Å²) < 4.78 is 1.03. The first-order chi connectivity index (χ1) is 5.83. The van der Waals surface area contributed by atoms with E-state index < -0.39 is 0 Å². The highest BCUT2D eigenvalue weighted by Crippen LogP contribution is 2.11. The Morgan fingerprint density at radius 2 is 2.00 bits per heavy atom. The molecule has 1 rings (SSSR count). The number of aliphatic imine (C=N–C) groups is 1. The van der Waals surface area contributed by atoms with E-state index in [1.165, 1.54) is 12.3 Å². The highest BCUT2D eigenvalue weighted by molar-refractivity contribution is 9.10. The molecular weight excluding hydrogens is 218 g/mol. The summed E-state index contributed by atoms with van der Waals surface area (Å²) in [5.41, 5.74) is 0.997. The standard InChI is InChI=1S/C9H6BrNO/c10-9-3-1-8(2-4-9)5-6-11-7-12/h1-6H. The first kappa shape index (κ1) is 8.91. The van der Waals surface area contributed by atoms with Crippen molar-refractivity contribution >= 4 is 28.1 Å². The molecule has 0 unspecified atom stereocenters. The lowest BCUT2D eigenvalue weighted by molar-refractivity contribution is 0.565.